The molecule has 7 heteroatoms. The third-order valence-corrected chi connectivity index (χ3v) is 7.38. The minimum Gasteiger partial charge on any atom is -0.341 e. The molecule has 0 bridgehead atoms. The van der Waals surface area contributed by atoms with Crippen LogP contribution < -0.4 is 5.32 Å². The van der Waals surface area contributed by atoms with Gasteiger partial charge in [0.05, 0.1) is 5.88 Å². The van der Waals surface area contributed by atoms with Crippen molar-refractivity contribution in [2.24, 2.45) is 11.3 Å². The maximum Gasteiger partial charge on any atom is 0.246 e. The molecule has 3 saturated heterocycles. The second-order valence-corrected chi connectivity index (χ2v) is 8.70. The smallest absolute Gasteiger partial charge is 0.246 e. The van der Waals surface area contributed by atoms with Crippen molar-refractivity contribution in [2.75, 3.05) is 37.8 Å². The van der Waals surface area contributed by atoms with E-state index in [1.165, 1.54) is 6.42 Å². The molecule has 1 spiro atoms. The number of amides is 2. The average Bonchev–Trinajstić information content (AvgIpc) is 3.15. The van der Waals surface area contributed by atoms with Gasteiger partial charge in [-0.1, -0.05) is 6.42 Å². The van der Waals surface area contributed by atoms with Crippen molar-refractivity contribution < 1.29 is 9.59 Å². The van der Waals surface area contributed by atoms with Crippen molar-refractivity contribution in [1.82, 2.24) is 15.1 Å². The van der Waals surface area contributed by atoms with E-state index in [2.05, 4.69) is 5.32 Å². The van der Waals surface area contributed by atoms with Crippen LogP contribution in [-0.2, 0) is 9.59 Å². The van der Waals surface area contributed by atoms with E-state index in [0.717, 1.165) is 64.0 Å². The van der Waals surface area contributed by atoms with Gasteiger partial charge in [-0.15, -0.1) is 24.2 Å². The Morgan fingerprint density at radius 2 is 1.83 bits per heavy atom. The second-order valence-electron chi connectivity index (χ2n) is 7.70. The third kappa shape index (κ3) is 3.29. The van der Waals surface area contributed by atoms with Gasteiger partial charge in [-0.05, 0) is 44.1 Å². The van der Waals surface area contributed by atoms with Crippen molar-refractivity contribution >= 4 is 36.0 Å². The van der Waals surface area contributed by atoms with Gasteiger partial charge in [-0.25, -0.2) is 0 Å². The number of carbonyl (C=O) groups is 2. The van der Waals surface area contributed by atoms with Crippen LogP contribution >= 0.6 is 24.2 Å². The Kier molecular flexibility index (Phi) is 5.67. The molecule has 1 N–H and O–H groups in total. The molecule has 4 fully saturated rings. The van der Waals surface area contributed by atoms with Gasteiger partial charge in [0, 0.05) is 31.3 Å². The van der Waals surface area contributed by atoms with Crippen molar-refractivity contribution in [2.45, 2.75) is 44.6 Å². The number of nitrogens with one attached hydrogen (secondary N) is 1. The largest absolute Gasteiger partial charge is 0.341 e. The van der Waals surface area contributed by atoms with E-state index in [1.54, 1.807) is 11.8 Å². The van der Waals surface area contributed by atoms with E-state index in [9.17, 15) is 9.59 Å². The van der Waals surface area contributed by atoms with Crippen LogP contribution in [0.3, 0.4) is 0 Å². The molecule has 1 atom stereocenters. The molecule has 3 heterocycles. The van der Waals surface area contributed by atoms with Gasteiger partial charge in [0.2, 0.25) is 11.8 Å². The summed E-state index contributed by atoms with van der Waals surface area (Å²) in [6, 6.07) is -0.205. The lowest BCUT2D eigenvalue weighted by atomic mass is 9.77. The van der Waals surface area contributed by atoms with Gasteiger partial charge in [0.15, 0.2) is 0 Å². The minimum atomic E-state index is -0.205. The molecule has 1 aliphatic carbocycles. The van der Waals surface area contributed by atoms with E-state index in [1.807, 2.05) is 9.80 Å². The molecule has 3 aliphatic heterocycles. The highest BCUT2D eigenvalue weighted by molar-refractivity contribution is 7.99. The summed E-state index contributed by atoms with van der Waals surface area (Å²) < 4.78 is 0. The van der Waals surface area contributed by atoms with E-state index < -0.39 is 0 Å². The van der Waals surface area contributed by atoms with Crippen LogP contribution in [-0.4, -0.2) is 65.5 Å². The summed E-state index contributed by atoms with van der Waals surface area (Å²) in [4.78, 5) is 29.4. The van der Waals surface area contributed by atoms with Crippen LogP contribution in [0.15, 0.2) is 0 Å². The lowest BCUT2D eigenvalue weighted by molar-refractivity contribution is -0.148. The fourth-order valence-corrected chi connectivity index (χ4v) is 5.54. The first kappa shape index (κ1) is 18.3. The molecule has 24 heavy (non-hydrogen) atoms. The quantitative estimate of drug-likeness (QED) is 0.800. The predicted octanol–water partition coefficient (Wildman–Crippen LogP) is 1.71. The maximum atomic E-state index is 13.0. The Bertz CT molecular complexity index is 484. The van der Waals surface area contributed by atoms with E-state index in [0.29, 0.717) is 11.3 Å². The Balaban J connectivity index is 0.00000169. The van der Waals surface area contributed by atoms with Crippen molar-refractivity contribution in [3.63, 3.8) is 0 Å². The number of carbonyl (C=O) groups excluding carboxylic acids is 2. The number of hydrogen-bond donors (Lipinski definition) is 1. The molecule has 0 radical (unpaired) electrons. The first-order chi connectivity index (χ1) is 11.2. The summed E-state index contributed by atoms with van der Waals surface area (Å²) in [7, 11) is 0. The van der Waals surface area contributed by atoms with Crippen molar-refractivity contribution in [3.8, 4) is 0 Å². The lowest BCUT2D eigenvalue weighted by Gasteiger charge is -2.41. The summed E-state index contributed by atoms with van der Waals surface area (Å²) in [6.07, 6.45) is 6.67. The molecule has 4 rings (SSSR count). The zero-order valence-electron chi connectivity index (χ0n) is 14.2. The molecule has 4 aliphatic rings. The summed E-state index contributed by atoms with van der Waals surface area (Å²) in [5.74, 6) is 2.10. The first-order valence-electron chi connectivity index (χ1n) is 9.06. The van der Waals surface area contributed by atoms with Gasteiger partial charge >= 0.3 is 0 Å². The van der Waals surface area contributed by atoms with Gasteiger partial charge in [-0.3, -0.25) is 9.59 Å². The van der Waals surface area contributed by atoms with E-state index in [-0.39, 0.29) is 36.2 Å². The highest BCUT2D eigenvalue weighted by atomic mass is 35.5. The number of piperidine rings is 1. The van der Waals surface area contributed by atoms with Crippen molar-refractivity contribution in [1.29, 1.82) is 0 Å². The standard InChI is InChI=1S/C17H27N3O2S.ClH/c21-15(13-2-1-3-13)20-12-23-10-14(20)16(22)19-8-5-17(6-9-19)4-7-18-11-17;/h13-14,18H,1-12H2;1H. The monoisotopic (exact) mass is 373 g/mol. The Labute approximate surface area is 154 Å². The molecule has 0 aromatic heterocycles. The molecule has 5 nitrogen and oxygen atoms in total. The van der Waals surface area contributed by atoms with Crippen LogP contribution in [0, 0.1) is 11.3 Å². The van der Waals surface area contributed by atoms with Crippen LogP contribution in [0.25, 0.3) is 0 Å². The zero-order chi connectivity index (χ0) is 15.9. The topological polar surface area (TPSA) is 52.7 Å². The molecule has 0 aromatic rings. The summed E-state index contributed by atoms with van der Waals surface area (Å²) in [5, 5.41) is 3.47. The SMILES string of the molecule is Cl.O=C(C1CSCN1C(=O)C1CCC1)N1CCC2(CCNC2)CC1. The Morgan fingerprint density at radius 1 is 1.08 bits per heavy atom. The molecular formula is C17H28ClN3O2S. The summed E-state index contributed by atoms with van der Waals surface area (Å²) >= 11 is 1.73. The number of halogens is 1. The fourth-order valence-electron chi connectivity index (χ4n) is 4.39. The molecule has 1 saturated carbocycles. The molecule has 136 valence electrons. The van der Waals surface area contributed by atoms with E-state index >= 15 is 0 Å². The highest BCUT2D eigenvalue weighted by Gasteiger charge is 2.43. The number of likely N-dealkylation sites (tertiary alicyclic amines) is 1. The minimum absolute atomic E-state index is 0. The third-order valence-electron chi connectivity index (χ3n) is 6.37. The lowest BCUT2D eigenvalue weighted by Crippen LogP contribution is -2.53. The van der Waals surface area contributed by atoms with Gasteiger partial charge in [-0.2, -0.15) is 0 Å². The van der Waals surface area contributed by atoms with Crippen molar-refractivity contribution in [3.05, 3.63) is 0 Å². The number of hydrogen-bond acceptors (Lipinski definition) is 4. The number of rotatable bonds is 2. The summed E-state index contributed by atoms with van der Waals surface area (Å²) in [6.45, 7) is 3.97. The average molecular weight is 374 g/mol. The second kappa shape index (κ2) is 7.42. The van der Waals surface area contributed by atoms with Gasteiger partial charge in [0.25, 0.3) is 0 Å². The normalized spacial score (nSPS) is 29.4. The van der Waals surface area contributed by atoms with Crippen LogP contribution in [0.2, 0.25) is 0 Å². The Hall–Kier alpha value is -0.460. The van der Waals surface area contributed by atoms with Gasteiger partial charge < -0.3 is 15.1 Å². The van der Waals surface area contributed by atoms with Gasteiger partial charge in [0.1, 0.15) is 6.04 Å². The van der Waals surface area contributed by atoms with Crippen LogP contribution in [0.4, 0.5) is 0 Å². The predicted molar refractivity (Wildman–Crippen MR) is 98.3 cm³/mol. The molecule has 1 unspecified atom stereocenters. The van der Waals surface area contributed by atoms with Crippen LogP contribution in [0.5, 0.6) is 0 Å². The molecular weight excluding hydrogens is 346 g/mol. The highest BCUT2D eigenvalue weighted by Crippen LogP contribution is 2.38. The molecule has 0 aromatic carbocycles. The zero-order valence-corrected chi connectivity index (χ0v) is 15.8. The number of thioether (sulfide) groups is 1. The maximum absolute atomic E-state index is 13.0. The fraction of sp³-hybridized carbons (Fsp3) is 0.882. The van der Waals surface area contributed by atoms with Crippen LogP contribution in [0.1, 0.15) is 38.5 Å². The number of nitrogens with zero attached hydrogens (tertiary/aromatic N) is 2. The first-order valence-corrected chi connectivity index (χ1v) is 10.2. The molecule has 2 amide bonds. The van der Waals surface area contributed by atoms with E-state index in [4.69, 9.17) is 0 Å². The summed E-state index contributed by atoms with van der Waals surface area (Å²) in [5.41, 5.74) is 0.433. The Morgan fingerprint density at radius 3 is 2.42 bits per heavy atom.